The van der Waals surface area contributed by atoms with Crippen LogP contribution in [-0.2, 0) is 9.59 Å². The highest BCUT2D eigenvalue weighted by molar-refractivity contribution is 5.69. The second-order valence-corrected chi connectivity index (χ2v) is 5.52. The molecule has 0 bridgehead atoms. The molecule has 7 heteroatoms. The van der Waals surface area contributed by atoms with Crippen LogP contribution in [0.4, 0.5) is 0 Å². The fraction of sp³-hybridized carbons (Fsp3) is 0.875. The van der Waals surface area contributed by atoms with Crippen molar-refractivity contribution in [3.8, 4) is 0 Å². The number of carboxylic acid groups (broad SMARTS) is 1. The van der Waals surface area contributed by atoms with Crippen molar-refractivity contribution < 1.29 is 14.7 Å². The first-order chi connectivity index (χ1) is 11.1. The Balaban J connectivity index is 4.36. The number of likely N-dealkylation sites (N-methyl/N-ethyl adjacent to an activating group) is 2. The van der Waals surface area contributed by atoms with Crippen LogP contribution < -0.4 is 5.32 Å². The minimum Gasteiger partial charge on any atom is -0.480 e. The quantitative estimate of drug-likeness (QED) is 0.300. The third kappa shape index (κ3) is 12.1. The number of aliphatic carboxylic acids is 1. The van der Waals surface area contributed by atoms with Gasteiger partial charge in [0.2, 0.25) is 0 Å². The van der Waals surface area contributed by atoms with Crippen LogP contribution in [0, 0.1) is 0 Å². The highest BCUT2D eigenvalue weighted by Gasteiger charge is 2.13. The average molecular weight is 330 g/mol. The smallest absolute Gasteiger partial charge is 0.317 e. The highest BCUT2D eigenvalue weighted by Crippen LogP contribution is 1.95. The van der Waals surface area contributed by atoms with Crippen LogP contribution in [0.3, 0.4) is 0 Å². The number of carbonyl (C=O) groups is 2. The van der Waals surface area contributed by atoms with Gasteiger partial charge in [-0.3, -0.25) is 14.6 Å². The van der Waals surface area contributed by atoms with E-state index < -0.39 is 5.97 Å². The zero-order valence-corrected chi connectivity index (χ0v) is 15.0. The van der Waals surface area contributed by atoms with Gasteiger partial charge in [-0.15, -0.1) is 0 Å². The van der Waals surface area contributed by atoms with Crippen LogP contribution in [0.5, 0.6) is 0 Å². The van der Waals surface area contributed by atoms with Crippen LogP contribution in [-0.4, -0.2) is 104 Å². The summed E-state index contributed by atoms with van der Waals surface area (Å²) in [7, 11) is 0. The van der Waals surface area contributed by atoms with E-state index in [4.69, 9.17) is 5.11 Å². The maximum atomic E-state index is 11.0. The molecule has 23 heavy (non-hydrogen) atoms. The summed E-state index contributed by atoms with van der Waals surface area (Å²) in [5.41, 5.74) is 0. The third-order valence-corrected chi connectivity index (χ3v) is 3.91. The van der Waals surface area contributed by atoms with E-state index in [1.807, 2.05) is 11.8 Å². The Kier molecular flexibility index (Phi) is 13.9. The number of nitrogens with one attached hydrogen (secondary N) is 1. The number of carboxylic acids is 1. The molecule has 0 amide bonds. The normalized spacial score (nSPS) is 11.6. The second-order valence-electron chi connectivity index (χ2n) is 5.52. The molecule has 0 aromatic heterocycles. The van der Waals surface area contributed by atoms with Crippen molar-refractivity contribution in [2.24, 2.45) is 0 Å². The molecule has 0 rings (SSSR count). The van der Waals surface area contributed by atoms with E-state index in [-0.39, 0.29) is 6.54 Å². The summed E-state index contributed by atoms with van der Waals surface area (Å²) in [5.74, 6) is -0.806. The lowest BCUT2D eigenvalue weighted by atomic mass is 10.3. The van der Waals surface area contributed by atoms with Crippen molar-refractivity contribution in [2.75, 3.05) is 72.0 Å². The Labute approximate surface area is 140 Å². The Morgan fingerprint density at radius 1 is 0.957 bits per heavy atom. The molecule has 2 N–H and O–H groups in total. The van der Waals surface area contributed by atoms with Crippen LogP contribution in [0.2, 0.25) is 0 Å². The first-order valence-electron chi connectivity index (χ1n) is 8.60. The molecule has 0 aromatic rings. The maximum absolute atomic E-state index is 11.0. The number of hydrogen-bond acceptors (Lipinski definition) is 6. The molecule has 0 saturated heterocycles. The minimum atomic E-state index is -0.806. The predicted molar refractivity (Wildman–Crippen MR) is 92.9 cm³/mol. The average Bonchev–Trinajstić information content (AvgIpc) is 2.52. The van der Waals surface area contributed by atoms with Gasteiger partial charge in [-0.05, 0) is 19.6 Å². The fourth-order valence-electron chi connectivity index (χ4n) is 2.38. The molecule has 7 nitrogen and oxygen atoms in total. The summed E-state index contributed by atoms with van der Waals surface area (Å²) in [5, 5.41) is 12.3. The van der Waals surface area contributed by atoms with E-state index in [0.717, 1.165) is 52.1 Å². The van der Waals surface area contributed by atoms with Crippen LogP contribution in [0.15, 0.2) is 0 Å². The number of carbonyl (C=O) groups excluding carboxylic acids is 1. The van der Waals surface area contributed by atoms with Gasteiger partial charge >= 0.3 is 5.97 Å². The fourth-order valence-corrected chi connectivity index (χ4v) is 2.38. The molecule has 0 unspecified atom stereocenters. The monoisotopic (exact) mass is 330 g/mol. The van der Waals surface area contributed by atoms with Gasteiger partial charge < -0.3 is 20.1 Å². The van der Waals surface area contributed by atoms with E-state index >= 15 is 0 Å². The number of hydrogen-bond donors (Lipinski definition) is 2. The lowest BCUT2D eigenvalue weighted by molar-refractivity contribution is -0.138. The van der Waals surface area contributed by atoms with Crippen molar-refractivity contribution in [3.05, 3.63) is 0 Å². The number of aldehydes is 1. The molecule has 0 aromatic carbocycles. The Morgan fingerprint density at radius 2 is 1.52 bits per heavy atom. The van der Waals surface area contributed by atoms with Gasteiger partial charge in [-0.1, -0.05) is 20.8 Å². The molecule has 0 radical (unpaired) electrons. The zero-order chi connectivity index (χ0) is 17.5. The Hall–Kier alpha value is -1.02. The molecule has 136 valence electrons. The molecule has 0 atom stereocenters. The molecular weight excluding hydrogens is 296 g/mol. The molecule has 0 aliphatic rings. The van der Waals surface area contributed by atoms with E-state index in [1.165, 1.54) is 0 Å². The predicted octanol–water partition coefficient (Wildman–Crippen LogP) is -0.175. The van der Waals surface area contributed by atoms with E-state index in [2.05, 4.69) is 29.0 Å². The van der Waals surface area contributed by atoms with Crippen molar-refractivity contribution in [3.63, 3.8) is 0 Å². The number of nitrogens with zero attached hydrogens (tertiary/aromatic N) is 3. The summed E-state index contributed by atoms with van der Waals surface area (Å²) in [4.78, 5) is 28.1. The van der Waals surface area contributed by atoms with Crippen LogP contribution in [0.25, 0.3) is 0 Å². The Bertz CT molecular complexity index is 312. The van der Waals surface area contributed by atoms with Crippen molar-refractivity contribution >= 4 is 12.3 Å². The summed E-state index contributed by atoms with van der Waals surface area (Å²) in [6.45, 7) is 14.1. The van der Waals surface area contributed by atoms with Gasteiger partial charge in [0.15, 0.2) is 0 Å². The van der Waals surface area contributed by atoms with Crippen molar-refractivity contribution in [2.45, 2.75) is 20.8 Å². The van der Waals surface area contributed by atoms with Gasteiger partial charge in [-0.2, -0.15) is 0 Å². The molecule has 0 saturated carbocycles. The molecule has 0 fully saturated rings. The van der Waals surface area contributed by atoms with Crippen LogP contribution in [0.1, 0.15) is 20.8 Å². The van der Waals surface area contributed by atoms with Gasteiger partial charge in [0.05, 0.1) is 13.1 Å². The lowest BCUT2D eigenvalue weighted by Gasteiger charge is -2.27. The van der Waals surface area contributed by atoms with Gasteiger partial charge in [0.25, 0.3) is 0 Å². The minimum absolute atomic E-state index is 0.0450. The van der Waals surface area contributed by atoms with Crippen molar-refractivity contribution in [1.29, 1.82) is 0 Å². The third-order valence-electron chi connectivity index (χ3n) is 3.91. The second kappa shape index (κ2) is 14.6. The van der Waals surface area contributed by atoms with Gasteiger partial charge in [-0.25, -0.2) is 0 Å². The zero-order valence-electron chi connectivity index (χ0n) is 15.0. The first kappa shape index (κ1) is 22.0. The molecule has 0 aliphatic heterocycles. The molecule has 0 aliphatic carbocycles. The summed E-state index contributed by atoms with van der Waals surface area (Å²) < 4.78 is 0. The van der Waals surface area contributed by atoms with Crippen LogP contribution >= 0.6 is 0 Å². The maximum Gasteiger partial charge on any atom is 0.317 e. The number of rotatable bonds is 16. The van der Waals surface area contributed by atoms with Gasteiger partial charge in [0.1, 0.15) is 6.29 Å². The topological polar surface area (TPSA) is 76.1 Å². The lowest BCUT2D eigenvalue weighted by Crippen LogP contribution is -2.43. The first-order valence-corrected chi connectivity index (χ1v) is 8.60. The molecule has 0 spiro atoms. The van der Waals surface area contributed by atoms with E-state index in [9.17, 15) is 9.59 Å². The molecular formula is C16H34N4O3. The summed E-state index contributed by atoms with van der Waals surface area (Å²) in [6.07, 6.45) is 0.906. The highest BCUT2D eigenvalue weighted by atomic mass is 16.4. The van der Waals surface area contributed by atoms with E-state index in [0.29, 0.717) is 19.6 Å². The SMILES string of the molecule is CCNCCN(CC=O)CCN(CCN(CC)CC)CC(=O)O. The molecule has 0 heterocycles. The van der Waals surface area contributed by atoms with E-state index in [1.54, 1.807) is 0 Å². The summed E-state index contributed by atoms with van der Waals surface area (Å²) in [6, 6.07) is 0. The standard InChI is InChI=1S/C16H34N4O3/c1-4-17-7-8-19(13-14-21)10-12-20(15-16(22)23)11-9-18(5-2)6-3/h14,17H,4-13,15H2,1-3H3,(H,22,23). The largest absolute Gasteiger partial charge is 0.480 e. The van der Waals surface area contributed by atoms with Crippen molar-refractivity contribution in [1.82, 2.24) is 20.0 Å². The Morgan fingerprint density at radius 3 is 2.00 bits per heavy atom. The van der Waals surface area contributed by atoms with Gasteiger partial charge in [0, 0.05) is 39.3 Å². The summed E-state index contributed by atoms with van der Waals surface area (Å²) >= 11 is 0.